The van der Waals surface area contributed by atoms with Crippen molar-refractivity contribution in [3.8, 4) is 0 Å². The second-order valence-electron chi connectivity index (χ2n) is 6.46. The van der Waals surface area contributed by atoms with Gasteiger partial charge in [0.05, 0.1) is 19.8 Å². The predicted molar refractivity (Wildman–Crippen MR) is 93.9 cm³/mol. The van der Waals surface area contributed by atoms with E-state index in [0.717, 1.165) is 25.9 Å². The van der Waals surface area contributed by atoms with Gasteiger partial charge in [-0.15, -0.1) is 0 Å². The van der Waals surface area contributed by atoms with Crippen molar-refractivity contribution in [1.82, 2.24) is 0 Å². The van der Waals surface area contributed by atoms with Crippen molar-refractivity contribution in [2.24, 2.45) is 0 Å². The zero-order valence-corrected chi connectivity index (χ0v) is 15.2. The van der Waals surface area contributed by atoms with Crippen molar-refractivity contribution in [3.63, 3.8) is 0 Å². The molecule has 0 rings (SSSR count). The van der Waals surface area contributed by atoms with Crippen LogP contribution in [0.1, 0.15) is 103 Å². The van der Waals surface area contributed by atoms with E-state index in [0.29, 0.717) is 0 Å². The summed E-state index contributed by atoms with van der Waals surface area (Å²) in [6.45, 7) is 2.95. The lowest BCUT2D eigenvalue weighted by molar-refractivity contribution is -0.272. The summed E-state index contributed by atoms with van der Waals surface area (Å²) in [5, 5.41) is 9.89. The molecule has 0 radical (unpaired) electrons. The molecule has 1 unspecified atom stereocenters. The molecule has 0 aromatic heterocycles. The van der Waals surface area contributed by atoms with Crippen molar-refractivity contribution in [1.29, 1.82) is 0 Å². The van der Waals surface area contributed by atoms with Crippen molar-refractivity contribution < 1.29 is 14.9 Å². The summed E-state index contributed by atoms with van der Waals surface area (Å²) < 4.78 is 0. The first-order valence-corrected chi connectivity index (χ1v) is 9.65. The molecular formula is C19H40O3. The fourth-order valence-electron chi connectivity index (χ4n) is 2.81. The zero-order valence-electron chi connectivity index (χ0n) is 15.2. The van der Waals surface area contributed by atoms with E-state index in [1.807, 2.05) is 0 Å². The van der Waals surface area contributed by atoms with Gasteiger partial charge in [-0.3, -0.25) is 0 Å². The Hall–Kier alpha value is -0.120. The Morgan fingerprint density at radius 2 is 1.14 bits per heavy atom. The Morgan fingerprint density at radius 3 is 1.64 bits per heavy atom. The van der Waals surface area contributed by atoms with Crippen LogP contribution in [0, 0.1) is 0 Å². The second kappa shape index (κ2) is 18.9. The van der Waals surface area contributed by atoms with Crippen LogP contribution in [0.3, 0.4) is 0 Å². The van der Waals surface area contributed by atoms with Crippen LogP contribution in [0.25, 0.3) is 0 Å². The summed E-state index contributed by atoms with van der Waals surface area (Å²) in [5.41, 5.74) is 0. The lowest BCUT2D eigenvalue weighted by Crippen LogP contribution is -2.05. The number of aliphatic hydroxyl groups is 1. The normalized spacial score (nSPS) is 12.7. The maximum absolute atomic E-state index is 9.89. The summed E-state index contributed by atoms with van der Waals surface area (Å²) in [7, 11) is 1.56. The van der Waals surface area contributed by atoms with E-state index in [1.165, 1.54) is 77.0 Å². The van der Waals surface area contributed by atoms with E-state index in [9.17, 15) is 5.11 Å². The molecule has 0 heterocycles. The summed E-state index contributed by atoms with van der Waals surface area (Å²) in [5.74, 6) is 0. The molecule has 0 aliphatic heterocycles. The van der Waals surface area contributed by atoms with E-state index < -0.39 is 0 Å². The quantitative estimate of drug-likeness (QED) is 0.197. The second-order valence-corrected chi connectivity index (χ2v) is 6.46. The Kier molecular flexibility index (Phi) is 18.8. The fraction of sp³-hybridized carbons (Fsp3) is 1.00. The van der Waals surface area contributed by atoms with E-state index in [1.54, 1.807) is 7.11 Å². The molecule has 0 amide bonds. The molecule has 3 nitrogen and oxygen atoms in total. The average molecular weight is 317 g/mol. The SMILES string of the molecule is CCCCCCC(O)CCCCCCCCCCCOOC. The van der Waals surface area contributed by atoms with Gasteiger partial charge >= 0.3 is 0 Å². The van der Waals surface area contributed by atoms with Gasteiger partial charge in [0.1, 0.15) is 0 Å². The molecule has 0 bridgehead atoms. The molecule has 0 aromatic carbocycles. The summed E-state index contributed by atoms with van der Waals surface area (Å²) in [6.07, 6.45) is 18.5. The van der Waals surface area contributed by atoms with Crippen LogP contribution >= 0.6 is 0 Å². The molecule has 0 saturated heterocycles. The lowest BCUT2D eigenvalue weighted by atomic mass is 10.0. The first-order valence-electron chi connectivity index (χ1n) is 9.65. The number of hydrogen-bond acceptors (Lipinski definition) is 3. The molecule has 0 spiro atoms. The average Bonchev–Trinajstić information content (AvgIpc) is 2.52. The van der Waals surface area contributed by atoms with Gasteiger partial charge in [0.2, 0.25) is 0 Å². The predicted octanol–water partition coefficient (Wildman–Crippen LogP) is 5.80. The Balaban J connectivity index is 3.07. The van der Waals surface area contributed by atoms with Crippen LogP contribution in [0.5, 0.6) is 0 Å². The van der Waals surface area contributed by atoms with Gasteiger partial charge in [-0.2, -0.15) is 0 Å². The largest absolute Gasteiger partial charge is 0.393 e. The number of hydrogen-bond donors (Lipinski definition) is 1. The molecule has 0 aromatic rings. The van der Waals surface area contributed by atoms with Gasteiger partial charge in [0, 0.05) is 0 Å². The molecule has 3 heteroatoms. The number of rotatable bonds is 18. The molecule has 1 N–H and O–H groups in total. The highest BCUT2D eigenvalue weighted by Gasteiger charge is 2.03. The minimum atomic E-state index is -0.0498. The smallest absolute Gasteiger partial charge is 0.0822 e. The highest BCUT2D eigenvalue weighted by Crippen LogP contribution is 2.14. The topological polar surface area (TPSA) is 38.7 Å². The standard InChI is InChI=1S/C19H40O3/c1-3-4-5-13-16-19(20)17-14-11-9-7-6-8-10-12-15-18-22-21-2/h19-20H,3-18H2,1-2H3. The van der Waals surface area contributed by atoms with Crippen LogP contribution in [0.15, 0.2) is 0 Å². The van der Waals surface area contributed by atoms with Crippen molar-refractivity contribution in [2.45, 2.75) is 109 Å². The molecule has 0 saturated carbocycles. The van der Waals surface area contributed by atoms with Crippen LogP contribution in [0.2, 0.25) is 0 Å². The monoisotopic (exact) mass is 316 g/mol. The van der Waals surface area contributed by atoms with Gasteiger partial charge in [0.15, 0.2) is 0 Å². The summed E-state index contributed by atoms with van der Waals surface area (Å²) in [6, 6.07) is 0. The Bertz CT molecular complexity index is 197. The third-order valence-electron chi connectivity index (χ3n) is 4.27. The Morgan fingerprint density at radius 1 is 0.682 bits per heavy atom. The summed E-state index contributed by atoms with van der Waals surface area (Å²) >= 11 is 0. The van der Waals surface area contributed by atoms with E-state index in [2.05, 4.69) is 11.8 Å². The minimum Gasteiger partial charge on any atom is -0.393 e. The third kappa shape index (κ3) is 17.9. The first kappa shape index (κ1) is 21.9. The molecule has 22 heavy (non-hydrogen) atoms. The summed E-state index contributed by atoms with van der Waals surface area (Å²) in [4.78, 5) is 9.40. The van der Waals surface area contributed by atoms with Gasteiger partial charge in [0.25, 0.3) is 0 Å². The van der Waals surface area contributed by atoms with Gasteiger partial charge < -0.3 is 5.11 Å². The highest BCUT2D eigenvalue weighted by molar-refractivity contribution is 4.57. The molecule has 0 aliphatic rings. The van der Waals surface area contributed by atoms with Crippen LogP contribution in [0.4, 0.5) is 0 Å². The molecule has 134 valence electrons. The lowest BCUT2D eigenvalue weighted by Gasteiger charge is -2.10. The van der Waals surface area contributed by atoms with Gasteiger partial charge in [-0.1, -0.05) is 84.0 Å². The van der Waals surface area contributed by atoms with Crippen molar-refractivity contribution in [3.05, 3.63) is 0 Å². The first-order chi connectivity index (χ1) is 10.8. The highest BCUT2D eigenvalue weighted by atomic mass is 17.2. The van der Waals surface area contributed by atoms with Crippen molar-refractivity contribution >= 4 is 0 Å². The number of unbranched alkanes of at least 4 members (excludes halogenated alkanes) is 11. The van der Waals surface area contributed by atoms with Crippen LogP contribution in [-0.2, 0) is 9.78 Å². The van der Waals surface area contributed by atoms with E-state index in [4.69, 9.17) is 4.89 Å². The maximum Gasteiger partial charge on any atom is 0.0822 e. The van der Waals surface area contributed by atoms with Gasteiger partial charge in [-0.25, -0.2) is 9.78 Å². The van der Waals surface area contributed by atoms with E-state index >= 15 is 0 Å². The van der Waals surface area contributed by atoms with Crippen LogP contribution < -0.4 is 0 Å². The molecule has 0 fully saturated rings. The molecular weight excluding hydrogens is 276 g/mol. The van der Waals surface area contributed by atoms with Crippen molar-refractivity contribution in [2.75, 3.05) is 13.7 Å². The third-order valence-corrected chi connectivity index (χ3v) is 4.27. The minimum absolute atomic E-state index is 0.0498. The van der Waals surface area contributed by atoms with Crippen LogP contribution in [-0.4, -0.2) is 24.9 Å². The Labute approximate surface area is 138 Å². The van der Waals surface area contributed by atoms with Gasteiger partial charge in [-0.05, 0) is 19.3 Å². The maximum atomic E-state index is 9.89. The number of aliphatic hydroxyl groups excluding tert-OH is 1. The zero-order chi connectivity index (χ0) is 16.3. The molecule has 1 atom stereocenters. The molecule has 0 aliphatic carbocycles. The fourth-order valence-corrected chi connectivity index (χ4v) is 2.81. The van der Waals surface area contributed by atoms with E-state index in [-0.39, 0.29) is 6.10 Å².